The second kappa shape index (κ2) is 3.91. The van der Waals surface area contributed by atoms with Gasteiger partial charge in [-0.1, -0.05) is 6.92 Å². The lowest BCUT2D eigenvalue weighted by molar-refractivity contribution is -0.0336. The van der Waals surface area contributed by atoms with E-state index >= 15 is 0 Å². The molecule has 1 aliphatic rings. The maximum absolute atomic E-state index is 10.7. The van der Waals surface area contributed by atoms with Gasteiger partial charge in [0.1, 0.15) is 0 Å². The number of aromatic nitrogens is 1. The monoisotopic (exact) mass is 206 g/mol. The summed E-state index contributed by atoms with van der Waals surface area (Å²) in [7, 11) is 0. The summed E-state index contributed by atoms with van der Waals surface area (Å²) in [4.78, 5) is 4.11. The van der Waals surface area contributed by atoms with Gasteiger partial charge in [-0.05, 0) is 43.4 Å². The third-order valence-corrected chi connectivity index (χ3v) is 3.57. The number of hydrogen-bond donors (Lipinski definition) is 2. The Bertz CT molecular complexity index is 353. The number of pyridine rings is 1. The molecule has 0 bridgehead atoms. The van der Waals surface area contributed by atoms with E-state index in [9.17, 15) is 5.11 Å². The van der Waals surface area contributed by atoms with Gasteiger partial charge in [-0.25, -0.2) is 0 Å². The highest BCUT2D eigenvalue weighted by atomic mass is 16.3. The summed E-state index contributed by atoms with van der Waals surface area (Å²) in [5.41, 5.74) is 7.02. The van der Waals surface area contributed by atoms with Crippen LogP contribution < -0.4 is 5.73 Å². The zero-order chi connectivity index (χ0) is 10.9. The van der Waals surface area contributed by atoms with E-state index in [0.717, 1.165) is 18.4 Å². The minimum atomic E-state index is -0.767. The fourth-order valence-electron chi connectivity index (χ4n) is 2.51. The van der Waals surface area contributed by atoms with Crippen LogP contribution in [-0.4, -0.2) is 16.6 Å². The van der Waals surface area contributed by atoms with E-state index in [2.05, 4.69) is 11.9 Å². The molecule has 3 heteroatoms. The quantitative estimate of drug-likeness (QED) is 0.764. The number of nitrogens with zero attached hydrogens (tertiary/aromatic N) is 1. The summed E-state index contributed by atoms with van der Waals surface area (Å²) >= 11 is 0. The Morgan fingerprint density at radius 3 is 3.20 bits per heavy atom. The van der Waals surface area contributed by atoms with Crippen LogP contribution in [0.15, 0.2) is 18.5 Å². The van der Waals surface area contributed by atoms with E-state index in [-0.39, 0.29) is 5.92 Å². The van der Waals surface area contributed by atoms with E-state index in [1.807, 2.05) is 6.07 Å². The molecule has 2 rings (SSSR count). The molecule has 2 unspecified atom stereocenters. The van der Waals surface area contributed by atoms with Gasteiger partial charge in [-0.15, -0.1) is 0 Å². The predicted molar refractivity (Wildman–Crippen MR) is 59.3 cm³/mol. The van der Waals surface area contributed by atoms with Crippen LogP contribution in [0, 0.1) is 5.92 Å². The van der Waals surface area contributed by atoms with Crippen molar-refractivity contribution in [2.45, 2.75) is 31.8 Å². The van der Waals surface area contributed by atoms with Gasteiger partial charge in [0.2, 0.25) is 0 Å². The van der Waals surface area contributed by atoms with Crippen molar-refractivity contribution in [3.8, 4) is 0 Å². The number of fused-ring (bicyclic) bond motifs is 1. The summed E-state index contributed by atoms with van der Waals surface area (Å²) in [5, 5.41) is 10.7. The van der Waals surface area contributed by atoms with Gasteiger partial charge in [0, 0.05) is 18.0 Å². The Labute approximate surface area is 90.3 Å². The zero-order valence-corrected chi connectivity index (χ0v) is 9.11. The Hall–Kier alpha value is -0.930. The predicted octanol–water partition coefficient (Wildman–Crippen LogP) is 1.20. The third kappa shape index (κ3) is 1.66. The zero-order valence-electron chi connectivity index (χ0n) is 9.11. The fourth-order valence-corrected chi connectivity index (χ4v) is 2.51. The van der Waals surface area contributed by atoms with Crippen LogP contribution in [0.25, 0.3) is 0 Å². The highest BCUT2D eigenvalue weighted by Crippen LogP contribution is 2.41. The van der Waals surface area contributed by atoms with Crippen LogP contribution in [0.2, 0.25) is 0 Å². The SMILES string of the molecule is CC1CCc2ccncc2C1(O)CCN. The first-order valence-corrected chi connectivity index (χ1v) is 5.54. The molecule has 0 saturated heterocycles. The van der Waals surface area contributed by atoms with E-state index in [1.54, 1.807) is 12.4 Å². The van der Waals surface area contributed by atoms with Gasteiger partial charge in [-0.2, -0.15) is 0 Å². The highest BCUT2D eigenvalue weighted by Gasteiger charge is 2.39. The molecule has 0 spiro atoms. The van der Waals surface area contributed by atoms with E-state index in [1.165, 1.54) is 5.56 Å². The van der Waals surface area contributed by atoms with Crippen LogP contribution in [-0.2, 0) is 12.0 Å². The Morgan fingerprint density at radius 2 is 2.47 bits per heavy atom. The number of rotatable bonds is 2. The molecular weight excluding hydrogens is 188 g/mol. The lowest BCUT2D eigenvalue weighted by Gasteiger charge is -2.39. The summed E-state index contributed by atoms with van der Waals surface area (Å²) < 4.78 is 0. The lowest BCUT2D eigenvalue weighted by atomic mass is 9.71. The van der Waals surface area contributed by atoms with Gasteiger partial charge in [0.25, 0.3) is 0 Å². The van der Waals surface area contributed by atoms with Gasteiger partial charge >= 0.3 is 0 Å². The van der Waals surface area contributed by atoms with Crippen LogP contribution in [0.5, 0.6) is 0 Å². The number of hydrogen-bond acceptors (Lipinski definition) is 3. The molecule has 0 saturated carbocycles. The maximum atomic E-state index is 10.7. The lowest BCUT2D eigenvalue weighted by Crippen LogP contribution is -2.40. The number of nitrogens with two attached hydrogens (primary N) is 1. The van der Waals surface area contributed by atoms with E-state index < -0.39 is 5.60 Å². The number of aliphatic hydroxyl groups is 1. The fraction of sp³-hybridized carbons (Fsp3) is 0.583. The van der Waals surface area contributed by atoms with Crippen LogP contribution in [0.1, 0.15) is 30.9 Å². The molecule has 1 heterocycles. The molecule has 15 heavy (non-hydrogen) atoms. The Kier molecular flexibility index (Phi) is 2.76. The van der Waals surface area contributed by atoms with E-state index in [0.29, 0.717) is 13.0 Å². The molecule has 3 nitrogen and oxygen atoms in total. The van der Waals surface area contributed by atoms with Crippen LogP contribution in [0.4, 0.5) is 0 Å². The van der Waals surface area contributed by atoms with Crippen LogP contribution >= 0.6 is 0 Å². The summed E-state index contributed by atoms with van der Waals surface area (Å²) in [6.07, 6.45) is 6.25. The average molecular weight is 206 g/mol. The first-order chi connectivity index (χ1) is 7.18. The topological polar surface area (TPSA) is 59.1 Å². The van der Waals surface area contributed by atoms with Crippen LogP contribution in [0.3, 0.4) is 0 Å². The average Bonchev–Trinajstić information content (AvgIpc) is 2.25. The van der Waals surface area contributed by atoms with Gasteiger partial charge in [-0.3, -0.25) is 4.98 Å². The van der Waals surface area contributed by atoms with Crippen molar-refractivity contribution >= 4 is 0 Å². The van der Waals surface area contributed by atoms with E-state index in [4.69, 9.17) is 5.73 Å². The highest BCUT2D eigenvalue weighted by molar-refractivity contribution is 5.32. The summed E-state index contributed by atoms with van der Waals surface area (Å²) in [6, 6.07) is 2.00. The maximum Gasteiger partial charge on any atom is 0.0951 e. The Morgan fingerprint density at radius 1 is 1.67 bits per heavy atom. The van der Waals surface area contributed by atoms with Crippen molar-refractivity contribution in [1.29, 1.82) is 0 Å². The molecule has 82 valence electrons. The molecule has 2 atom stereocenters. The summed E-state index contributed by atoms with van der Waals surface area (Å²) in [5.74, 6) is 0.262. The number of aryl methyl sites for hydroxylation is 1. The van der Waals surface area contributed by atoms with Crippen molar-refractivity contribution in [2.75, 3.05) is 6.54 Å². The van der Waals surface area contributed by atoms with Crippen molar-refractivity contribution in [3.05, 3.63) is 29.6 Å². The molecule has 0 radical (unpaired) electrons. The summed E-state index contributed by atoms with van der Waals surface area (Å²) in [6.45, 7) is 2.60. The smallest absolute Gasteiger partial charge is 0.0951 e. The molecule has 0 aromatic carbocycles. The normalized spacial score (nSPS) is 29.9. The first kappa shape index (κ1) is 10.6. The second-order valence-corrected chi connectivity index (χ2v) is 4.44. The van der Waals surface area contributed by atoms with Crippen molar-refractivity contribution in [1.82, 2.24) is 4.98 Å². The Balaban J connectivity index is 2.45. The molecular formula is C12H18N2O. The molecule has 3 N–H and O–H groups in total. The molecule has 1 aromatic rings. The molecule has 1 aromatic heterocycles. The van der Waals surface area contributed by atoms with Gasteiger partial charge in [0.05, 0.1) is 5.60 Å². The third-order valence-electron chi connectivity index (χ3n) is 3.57. The van der Waals surface area contributed by atoms with Crippen molar-refractivity contribution in [3.63, 3.8) is 0 Å². The first-order valence-electron chi connectivity index (χ1n) is 5.54. The standard InChI is InChI=1S/C12H18N2O/c1-9-2-3-10-4-7-14-8-11(10)12(9,15)5-6-13/h4,7-9,15H,2-3,5-6,13H2,1H3. The molecule has 0 aliphatic heterocycles. The van der Waals surface area contributed by atoms with Gasteiger partial charge < -0.3 is 10.8 Å². The minimum Gasteiger partial charge on any atom is -0.385 e. The largest absolute Gasteiger partial charge is 0.385 e. The minimum absolute atomic E-state index is 0.262. The molecule has 1 aliphatic carbocycles. The van der Waals surface area contributed by atoms with Crippen molar-refractivity contribution < 1.29 is 5.11 Å². The molecule has 0 amide bonds. The van der Waals surface area contributed by atoms with Crippen molar-refractivity contribution in [2.24, 2.45) is 11.7 Å². The van der Waals surface area contributed by atoms with Gasteiger partial charge in [0.15, 0.2) is 0 Å². The second-order valence-electron chi connectivity index (χ2n) is 4.44. The molecule has 0 fully saturated rings.